The van der Waals surface area contributed by atoms with Gasteiger partial charge in [-0.25, -0.2) is 4.98 Å². The molecule has 20 heavy (non-hydrogen) atoms. The van der Waals surface area contributed by atoms with E-state index >= 15 is 0 Å². The lowest BCUT2D eigenvalue weighted by atomic mass is 9.96. The molecule has 0 bridgehead atoms. The van der Waals surface area contributed by atoms with Crippen molar-refractivity contribution in [3.05, 3.63) is 39.9 Å². The van der Waals surface area contributed by atoms with Gasteiger partial charge in [-0.2, -0.15) is 0 Å². The molecule has 1 atom stereocenters. The van der Waals surface area contributed by atoms with Gasteiger partial charge in [0, 0.05) is 10.4 Å². The van der Waals surface area contributed by atoms with Gasteiger partial charge in [-0.15, -0.1) is 11.3 Å². The van der Waals surface area contributed by atoms with Crippen molar-refractivity contribution in [3.63, 3.8) is 0 Å². The molecule has 0 spiro atoms. The molecular weight excluding hydrogens is 296 g/mol. The number of ether oxygens (including phenoxy) is 1. The third kappa shape index (κ3) is 2.78. The fourth-order valence-corrected chi connectivity index (χ4v) is 3.04. The number of nitrogens with zero attached hydrogens (tertiary/aromatic N) is 1. The van der Waals surface area contributed by atoms with Crippen LogP contribution in [0.3, 0.4) is 0 Å². The number of rotatable bonds is 2. The maximum atomic E-state index is 12.2. The lowest BCUT2D eigenvalue weighted by Crippen LogP contribution is -2.32. The van der Waals surface area contributed by atoms with Crippen LogP contribution in [0.15, 0.2) is 23.6 Å². The Balaban J connectivity index is 1.71. The van der Waals surface area contributed by atoms with E-state index in [2.05, 4.69) is 10.3 Å². The van der Waals surface area contributed by atoms with Crippen LogP contribution >= 0.6 is 22.9 Å². The molecular formula is C14H13ClN2O2S. The summed E-state index contributed by atoms with van der Waals surface area (Å²) in [4.78, 5) is 16.4. The molecule has 0 aliphatic carbocycles. The van der Waals surface area contributed by atoms with Crippen LogP contribution < -0.4 is 10.1 Å². The summed E-state index contributed by atoms with van der Waals surface area (Å²) in [5, 5.41) is 6.02. The van der Waals surface area contributed by atoms with E-state index in [9.17, 15) is 4.79 Å². The average molecular weight is 309 g/mol. The van der Waals surface area contributed by atoms with Crippen molar-refractivity contribution in [2.75, 3.05) is 11.9 Å². The number of halogens is 1. The second-order valence-corrected chi connectivity index (χ2v) is 6.04. The van der Waals surface area contributed by atoms with Gasteiger partial charge in [-0.1, -0.05) is 11.6 Å². The van der Waals surface area contributed by atoms with Crippen LogP contribution in [0.1, 0.15) is 11.3 Å². The van der Waals surface area contributed by atoms with Crippen molar-refractivity contribution < 1.29 is 9.53 Å². The number of carbonyl (C=O) groups excluding carboxylic acids is 1. The number of benzene rings is 1. The Morgan fingerprint density at radius 3 is 3.15 bits per heavy atom. The lowest BCUT2D eigenvalue weighted by molar-refractivity contribution is -0.121. The summed E-state index contributed by atoms with van der Waals surface area (Å²) in [5.74, 6) is 0.527. The van der Waals surface area contributed by atoms with Crippen LogP contribution in [0.25, 0.3) is 0 Å². The van der Waals surface area contributed by atoms with Crippen LogP contribution in [0, 0.1) is 12.8 Å². The molecule has 1 unspecified atom stereocenters. The minimum atomic E-state index is -0.217. The zero-order valence-corrected chi connectivity index (χ0v) is 12.4. The lowest BCUT2D eigenvalue weighted by Gasteiger charge is -2.24. The number of aromatic nitrogens is 1. The van der Waals surface area contributed by atoms with Crippen molar-refractivity contribution in [2.45, 2.75) is 13.3 Å². The molecule has 0 fully saturated rings. The molecule has 1 aliphatic rings. The predicted molar refractivity (Wildman–Crippen MR) is 79.6 cm³/mol. The minimum Gasteiger partial charge on any atom is -0.492 e. The normalized spacial score (nSPS) is 17.2. The number of fused-ring (bicyclic) bond motifs is 1. The highest BCUT2D eigenvalue weighted by Crippen LogP contribution is 2.30. The summed E-state index contributed by atoms with van der Waals surface area (Å²) in [5.41, 5.74) is 1.88. The van der Waals surface area contributed by atoms with Gasteiger partial charge in [0.25, 0.3) is 0 Å². The summed E-state index contributed by atoms with van der Waals surface area (Å²) in [7, 11) is 0. The van der Waals surface area contributed by atoms with E-state index in [1.807, 2.05) is 24.4 Å². The third-order valence-electron chi connectivity index (χ3n) is 3.15. The van der Waals surface area contributed by atoms with Crippen molar-refractivity contribution in [1.29, 1.82) is 0 Å². The second-order valence-electron chi connectivity index (χ2n) is 4.75. The molecule has 1 aliphatic heterocycles. The highest BCUT2D eigenvalue weighted by Gasteiger charge is 2.26. The number of nitrogens with one attached hydrogen (secondary N) is 1. The second kappa shape index (κ2) is 5.42. The highest BCUT2D eigenvalue weighted by atomic mass is 35.5. The van der Waals surface area contributed by atoms with Gasteiger partial charge < -0.3 is 10.1 Å². The van der Waals surface area contributed by atoms with Crippen molar-refractivity contribution >= 4 is 34.0 Å². The van der Waals surface area contributed by atoms with Gasteiger partial charge in [0.1, 0.15) is 12.4 Å². The Morgan fingerprint density at radius 2 is 2.40 bits per heavy atom. The van der Waals surface area contributed by atoms with Crippen LogP contribution in [0.2, 0.25) is 5.02 Å². The molecule has 2 aromatic rings. The zero-order valence-electron chi connectivity index (χ0n) is 10.9. The molecule has 4 nitrogen and oxygen atoms in total. The first-order chi connectivity index (χ1) is 9.61. The average Bonchev–Trinajstić information content (AvgIpc) is 2.83. The van der Waals surface area contributed by atoms with Crippen LogP contribution in [-0.2, 0) is 11.2 Å². The number of thiazole rings is 1. The zero-order chi connectivity index (χ0) is 14.1. The highest BCUT2D eigenvalue weighted by molar-refractivity contribution is 7.13. The molecule has 1 N–H and O–H groups in total. The van der Waals surface area contributed by atoms with Gasteiger partial charge in [-0.05, 0) is 37.1 Å². The third-order valence-corrected chi connectivity index (χ3v) is 4.26. The summed E-state index contributed by atoms with van der Waals surface area (Å²) in [6.07, 6.45) is 0.631. The van der Waals surface area contributed by atoms with Gasteiger partial charge >= 0.3 is 0 Å². The molecule has 6 heteroatoms. The van der Waals surface area contributed by atoms with Gasteiger partial charge in [0.05, 0.1) is 11.6 Å². The number of anilines is 1. The van der Waals surface area contributed by atoms with Crippen LogP contribution in [0.5, 0.6) is 5.75 Å². The van der Waals surface area contributed by atoms with Gasteiger partial charge in [0.15, 0.2) is 5.13 Å². The quantitative estimate of drug-likeness (QED) is 0.926. The Morgan fingerprint density at radius 1 is 1.55 bits per heavy atom. The summed E-state index contributed by atoms with van der Waals surface area (Å²) < 4.78 is 5.62. The minimum absolute atomic E-state index is 0.0648. The maximum Gasteiger partial charge on any atom is 0.233 e. The molecule has 1 amide bonds. The SMILES string of the molecule is Cc1csc(NC(=O)C2COc3ccc(Cl)cc3C2)n1. The van der Waals surface area contributed by atoms with Crippen molar-refractivity contribution in [3.8, 4) is 5.75 Å². The van der Waals surface area contributed by atoms with Gasteiger partial charge in [0.2, 0.25) is 5.91 Å². The van der Waals surface area contributed by atoms with E-state index in [1.165, 1.54) is 11.3 Å². The molecule has 2 heterocycles. The van der Waals surface area contributed by atoms with Crippen LogP contribution in [0.4, 0.5) is 5.13 Å². The fraction of sp³-hybridized carbons (Fsp3) is 0.286. The molecule has 1 aromatic carbocycles. The van der Waals surface area contributed by atoms with E-state index in [-0.39, 0.29) is 11.8 Å². The predicted octanol–water partition coefficient (Wildman–Crippen LogP) is 3.29. The van der Waals surface area contributed by atoms with Crippen LogP contribution in [-0.4, -0.2) is 17.5 Å². The van der Waals surface area contributed by atoms with E-state index in [0.29, 0.717) is 23.2 Å². The molecule has 104 valence electrons. The molecule has 0 saturated heterocycles. The molecule has 3 rings (SSSR count). The summed E-state index contributed by atoms with van der Waals surface area (Å²) in [6.45, 7) is 2.28. The topological polar surface area (TPSA) is 51.2 Å². The van der Waals surface area contributed by atoms with E-state index in [4.69, 9.17) is 16.3 Å². The standard InChI is InChI=1S/C14H13ClN2O2S/c1-8-7-20-14(16-8)17-13(18)10-4-9-5-11(15)2-3-12(9)19-6-10/h2-3,5,7,10H,4,6H2,1H3,(H,16,17,18). The first-order valence-corrected chi connectivity index (χ1v) is 7.52. The van der Waals surface area contributed by atoms with Gasteiger partial charge in [-0.3, -0.25) is 4.79 Å². The Bertz CT molecular complexity index is 656. The van der Waals surface area contributed by atoms with E-state index < -0.39 is 0 Å². The van der Waals surface area contributed by atoms with E-state index in [0.717, 1.165) is 17.0 Å². The summed E-state index contributed by atoms with van der Waals surface area (Å²) >= 11 is 7.40. The Labute approximate surface area is 125 Å². The molecule has 0 radical (unpaired) electrons. The number of amides is 1. The number of aryl methyl sites for hydroxylation is 1. The molecule has 1 aromatic heterocycles. The van der Waals surface area contributed by atoms with Crippen molar-refractivity contribution in [1.82, 2.24) is 4.98 Å². The monoisotopic (exact) mass is 308 g/mol. The fourth-order valence-electron chi connectivity index (χ4n) is 2.15. The number of carbonyl (C=O) groups is 1. The first kappa shape index (κ1) is 13.4. The Kier molecular flexibility index (Phi) is 3.63. The summed E-state index contributed by atoms with van der Waals surface area (Å²) in [6, 6.07) is 5.49. The maximum absolute atomic E-state index is 12.2. The smallest absolute Gasteiger partial charge is 0.233 e. The number of hydrogen-bond donors (Lipinski definition) is 1. The first-order valence-electron chi connectivity index (χ1n) is 6.26. The van der Waals surface area contributed by atoms with E-state index in [1.54, 1.807) is 6.07 Å². The molecule has 0 saturated carbocycles. The largest absolute Gasteiger partial charge is 0.492 e. The Hall–Kier alpha value is -1.59. The number of hydrogen-bond acceptors (Lipinski definition) is 4. The van der Waals surface area contributed by atoms with Crippen molar-refractivity contribution in [2.24, 2.45) is 5.92 Å².